The lowest BCUT2D eigenvalue weighted by Crippen LogP contribution is -2.30. The number of hydrogen-bond acceptors (Lipinski definition) is 2. The molecule has 2 fully saturated rings. The molecule has 2 unspecified atom stereocenters. The third-order valence-electron chi connectivity index (χ3n) is 7.34. The van der Waals surface area contributed by atoms with Crippen molar-refractivity contribution in [2.75, 3.05) is 6.61 Å². The minimum absolute atomic E-state index is 0.108. The molecule has 1 saturated carbocycles. The summed E-state index contributed by atoms with van der Waals surface area (Å²) in [5, 5.41) is 0. The molecule has 0 N–H and O–H groups in total. The van der Waals surface area contributed by atoms with E-state index < -0.39 is 52.3 Å². The molecule has 0 bridgehead atoms. The molecular weight excluding hydrogens is 520 g/mol. The van der Waals surface area contributed by atoms with Crippen molar-refractivity contribution in [3.8, 4) is 16.9 Å². The summed E-state index contributed by atoms with van der Waals surface area (Å²) in [4.78, 5) is 0. The fourth-order valence-electron chi connectivity index (χ4n) is 5.08. The van der Waals surface area contributed by atoms with Crippen molar-refractivity contribution in [3.63, 3.8) is 0 Å². The fraction of sp³-hybridized carbons (Fsp3) is 0.357. The molecule has 38 heavy (non-hydrogen) atoms. The molecule has 5 rings (SSSR count). The Kier molecular flexibility index (Phi) is 7.11. The van der Waals surface area contributed by atoms with Gasteiger partial charge in [0, 0.05) is 17.7 Å². The maximum Gasteiger partial charge on any atom is 0.432 e. The summed E-state index contributed by atoms with van der Waals surface area (Å²) in [6.07, 6.45) is 0.270. The molecule has 2 atom stereocenters. The molecule has 0 amide bonds. The van der Waals surface area contributed by atoms with Crippen LogP contribution in [0.15, 0.2) is 42.5 Å². The van der Waals surface area contributed by atoms with Crippen LogP contribution in [-0.2, 0) is 10.8 Å². The number of hydrogen-bond donors (Lipinski definition) is 0. The molecule has 3 aromatic carbocycles. The Balaban J connectivity index is 1.35. The van der Waals surface area contributed by atoms with Crippen LogP contribution in [0, 0.1) is 46.7 Å². The summed E-state index contributed by atoms with van der Waals surface area (Å²) in [7, 11) is 0. The van der Waals surface area contributed by atoms with Crippen molar-refractivity contribution in [3.05, 3.63) is 88.5 Å². The molecule has 1 heterocycles. The van der Waals surface area contributed by atoms with E-state index >= 15 is 0 Å². The normalized spacial score (nSPS) is 20.3. The van der Waals surface area contributed by atoms with E-state index in [-0.39, 0.29) is 29.4 Å². The van der Waals surface area contributed by atoms with E-state index in [4.69, 9.17) is 4.74 Å². The lowest BCUT2D eigenvalue weighted by Gasteiger charge is -2.38. The molecule has 1 saturated heterocycles. The molecule has 0 radical (unpaired) electrons. The zero-order valence-corrected chi connectivity index (χ0v) is 19.9. The van der Waals surface area contributed by atoms with Gasteiger partial charge in [-0.2, -0.15) is 8.78 Å². The van der Waals surface area contributed by atoms with Gasteiger partial charge < -0.3 is 9.47 Å². The maximum atomic E-state index is 15.0. The van der Waals surface area contributed by atoms with Crippen LogP contribution in [0.4, 0.5) is 35.1 Å². The third kappa shape index (κ3) is 5.10. The van der Waals surface area contributed by atoms with Crippen molar-refractivity contribution < 1.29 is 44.6 Å². The van der Waals surface area contributed by atoms with E-state index in [1.807, 2.05) is 0 Å². The summed E-state index contributed by atoms with van der Waals surface area (Å²) >= 11 is 0. The molecule has 1 aliphatic carbocycles. The fourth-order valence-corrected chi connectivity index (χ4v) is 5.08. The summed E-state index contributed by atoms with van der Waals surface area (Å²) in [5.74, 6) is -9.99. The molecule has 10 heteroatoms. The molecule has 1 aliphatic heterocycles. The first-order valence-electron chi connectivity index (χ1n) is 12.2. The second-order valence-corrected chi connectivity index (χ2v) is 9.72. The predicted molar refractivity (Wildman–Crippen MR) is 121 cm³/mol. The first-order chi connectivity index (χ1) is 18.0. The highest BCUT2D eigenvalue weighted by atomic mass is 19.3. The van der Waals surface area contributed by atoms with Crippen LogP contribution in [0.1, 0.15) is 49.3 Å². The molecule has 0 aromatic heterocycles. The van der Waals surface area contributed by atoms with Crippen LogP contribution in [0.2, 0.25) is 0 Å². The molecule has 2 nitrogen and oxygen atoms in total. The second kappa shape index (κ2) is 10.2. The van der Waals surface area contributed by atoms with E-state index in [2.05, 4.69) is 4.74 Å². The Morgan fingerprint density at radius 2 is 1.37 bits per heavy atom. The lowest BCUT2D eigenvalue weighted by molar-refractivity contribution is -0.189. The highest BCUT2D eigenvalue weighted by Gasteiger charge is 2.42. The zero-order chi connectivity index (χ0) is 27.2. The maximum absolute atomic E-state index is 15.0. The first-order valence-corrected chi connectivity index (χ1v) is 12.2. The molecule has 3 aromatic rings. The molecule has 2 aliphatic rings. The highest BCUT2D eigenvalue weighted by molar-refractivity contribution is 5.65. The molecule has 202 valence electrons. The topological polar surface area (TPSA) is 18.5 Å². The Hall–Kier alpha value is -3.14. The van der Waals surface area contributed by atoms with E-state index in [0.717, 1.165) is 12.8 Å². The number of benzene rings is 3. The van der Waals surface area contributed by atoms with E-state index in [1.54, 1.807) is 6.07 Å². The van der Waals surface area contributed by atoms with Crippen LogP contribution < -0.4 is 4.74 Å². The van der Waals surface area contributed by atoms with E-state index in [0.29, 0.717) is 36.1 Å². The lowest BCUT2D eigenvalue weighted by atomic mass is 9.73. The van der Waals surface area contributed by atoms with Gasteiger partial charge in [-0.15, -0.1) is 0 Å². The van der Waals surface area contributed by atoms with Crippen LogP contribution in [0.5, 0.6) is 5.75 Å². The second-order valence-electron chi connectivity index (χ2n) is 9.72. The highest BCUT2D eigenvalue weighted by Crippen LogP contribution is 2.42. The number of halogens is 8. The average molecular weight is 542 g/mol. The summed E-state index contributed by atoms with van der Waals surface area (Å²) in [5.41, 5.74) is -1.88. The van der Waals surface area contributed by atoms with Crippen molar-refractivity contribution in [1.82, 2.24) is 0 Å². The number of alkyl halides is 2. The van der Waals surface area contributed by atoms with Crippen molar-refractivity contribution in [1.29, 1.82) is 0 Å². The van der Waals surface area contributed by atoms with Crippen molar-refractivity contribution in [2.45, 2.75) is 44.3 Å². The van der Waals surface area contributed by atoms with Gasteiger partial charge >= 0.3 is 6.11 Å². The van der Waals surface area contributed by atoms with Gasteiger partial charge in [0.15, 0.2) is 17.5 Å². The number of rotatable bonds is 6. The smallest absolute Gasteiger partial charge is 0.429 e. The summed E-state index contributed by atoms with van der Waals surface area (Å²) < 4.78 is 123. The SMILES string of the molecule is Fc1cc(C2CCC(C3CCC3)CO2)ccc1-c1cc(F)c(C(F)(F)Oc2cc(F)c(F)c(F)c2)c(F)c1. The quantitative estimate of drug-likeness (QED) is 0.230. The Morgan fingerprint density at radius 1 is 0.711 bits per heavy atom. The van der Waals surface area contributed by atoms with Crippen molar-refractivity contribution in [2.24, 2.45) is 11.8 Å². The van der Waals surface area contributed by atoms with Crippen molar-refractivity contribution >= 4 is 0 Å². The minimum atomic E-state index is -4.73. The van der Waals surface area contributed by atoms with Crippen LogP contribution >= 0.6 is 0 Å². The summed E-state index contributed by atoms with van der Waals surface area (Å²) in [6.45, 7) is 0.587. The summed E-state index contributed by atoms with van der Waals surface area (Å²) in [6, 6.07) is 5.26. The zero-order valence-electron chi connectivity index (χ0n) is 19.9. The molecular formula is C28H22F8O2. The van der Waals surface area contributed by atoms with Gasteiger partial charge in [-0.1, -0.05) is 31.4 Å². The van der Waals surface area contributed by atoms with E-state index in [9.17, 15) is 35.1 Å². The van der Waals surface area contributed by atoms with Gasteiger partial charge in [-0.05, 0) is 54.0 Å². The third-order valence-corrected chi connectivity index (χ3v) is 7.34. The number of ether oxygens (including phenoxy) is 2. The standard InChI is InChI=1S/C28H22F8O2/c29-20-8-15(25-7-5-16(13-37-25)14-2-1-3-14)4-6-19(20)17-9-21(30)26(22(31)10-17)28(35,36)38-18-11-23(32)27(34)24(33)12-18/h4,6,8-12,14,16,25H,1-3,5,7,13H2. The minimum Gasteiger partial charge on any atom is -0.429 e. The van der Waals surface area contributed by atoms with Gasteiger partial charge in [0.05, 0.1) is 12.7 Å². The van der Waals surface area contributed by atoms with Gasteiger partial charge in [-0.3, -0.25) is 0 Å². The Labute approximate surface area is 213 Å². The average Bonchev–Trinajstić information content (AvgIpc) is 2.81. The van der Waals surface area contributed by atoms with Crippen LogP contribution in [0.25, 0.3) is 11.1 Å². The predicted octanol–water partition coefficient (Wildman–Crippen LogP) is 8.58. The van der Waals surface area contributed by atoms with Crippen LogP contribution in [0.3, 0.4) is 0 Å². The molecule has 0 spiro atoms. The van der Waals surface area contributed by atoms with Gasteiger partial charge in [-0.25, -0.2) is 26.3 Å². The monoisotopic (exact) mass is 542 g/mol. The van der Waals surface area contributed by atoms with Gasteiger partial charge in [0.2, 0.25) is 0 Å². The van der Waals surface area contributed by atoms with Gasteiger partial charge in [0.25, 0.3) is 0 Å². The van der Waals surface area contributed by atoms with E-state index in [1.165, 1.54) is 31.4 Å². The first kappa shape index (κ1) is 26.5. The largest absolute Gasteiger partial charge is 0.432 e. The Morgan fingerprint density at radius 3 is 1.89 bits per heavy atom. The van der Waals surface area contributed by atoms with Crippen LogP contribution in [-0.4, -0.2) is 6.61 Å². The van der Waals surface area contributed by atoms with Gasteiger partial charge in [0.1, 0.15) is 28.8 Å². The Bertz CT molecular complexity index is 1300.